The van der Waals surface area contributed by atoms with Gasteiger partial charge in [0.1, 0.15) is 5.82 Å². The SMILES string of the molecule is Cc1ccc2cnn(-c3ccc(F)cc3)c2c1. The van der Waals surface area contributed by atoms with Gasteiger partial charge in [0, 0.05) is 5.39 Å². The van der Waals surface area contributed by atoms with E-state index in [1.165, 1.54) is 17.7 Å². The Morgan fingerprint density at radius 1 is 1.06 bits per heavy atom. The van der Waals surface area contributed by atoms with Gasteiger partial charge in [-0.05, 0) is 42.8 Å². The van der Waals surface area contributed by atoms with Crippen LogP contribution in [0.5, 0.6) is 0 Å². The van der Waals surface area contributed by atoms with Gasteiger partial charge in [0.25, 0.3) is 0 Å². The molecule has 0 fully saturated rings. The van der Waals surface area contributed by atoms with Gasteiger partial charge in [0.2, 0.25) is 0 Å². The normalized spacial score (nSPS) is 10.9. The molecule has 1 heterocycles. The third kappa shape index (κ3) is 1.69. The van der Waals surface area contributed by atoms with Gasteiger partial charge in [0.05, 0.1) is 17.4 Å². The minimum absolute atomic E-state index is 0.235. The van der Waals surface area contributed by atoms with Gasteiger partial charge in [-0.25, -0.2) is 9.07 Å². The number of aryl methyl sites for hydroxylation is 1. The molecule has 3 rings (SSSR count). The molecule has 3 aromatic rings. The maximum absolute atomic E-state index is 12.9. The fourth-order valence-corrected chi connectivity index (χ4v) is 1.92. The largest absolute Gasteiger partial charge is 0.233 e. The fourth-order valence-electron chi connectivity index (χ4n) is 1.92. The Hall–Kier alpha value is -2.16. The smallest absolute Gasteiger partial charge is 0.123 e. The number of hydrogen-bond acceptors (Lipinski definition) is 1. The maximum Gasteiger partial charge on any atom is 0.123 e. The number of rotatable bonds is 1. The van der Waals surface area contributed by atoms with Crippen molar-refractivity contribution in [2.45, 2.75) is 6.92 Å². The average molecular weight is 226 g/mol. The minimum atomic E-state index is -0.235. The van der Waals surface area contributed by atoms with Gasteiger partial charge < -0.3 is 0 Å². The van der Waals surface area contributed by atoms with Crippen LogP contribution in [-0.4, -0.2) is 9.78 Å². The Kier molecular flexibility index (Phi) is 2.18. The molecule has 2 nitrogen and oxygen atoms in total. The van der Waals surface area contributed by atoms with E-state index >= 15 is 0 Å². The zero-order valence-corrected chi connectivity index (χ0v) is 9.39. The van der Waals surface area contributed by atoms with Crippen LogP contribution in [0.3, 0.4) is 0 Å². The van der Waals surface area contributed by atoms with Crippen molar-refractivity contribution in [1.29, 1.82) is 0 Å². The molecule has 2 aromatic carbocycles. The number of nitrogens with zero attached hydrogens (tertiary/aromatic N) is 2. The van der Waals surface area contributed by atoms with Crippen molar-refractivity contribution in [2.75, 3.05) is 0 Å². The molecule has 84 valence electrons. The lowest BCUT2D eigenvalue weighted by molar-refractivity contribution is 0.627. The van der Waals surface area contributed by atoms with E-state index in [-0.39, 0.29) is 5.82 Å². The second kappa shape index (κ2) is 3.70. The molecule has 0 aliphatic carbocycles. The Labute approximate surface area is 98.3 Å². The topological polar surface area (TPSA) is 17.8 Å². The van der Waals surface area contributed by atoms with Crippen LogP contribution in [0.4, 0.5) is 4.39 Å². The monoisotopic (exact) mass is 226 g/mol. The van der Waals surface area contributed by atoms with E-state index in [1.54, 1.807) is 12.1 Å². The van der Waals surface area contributed by atoms with Crippen molar-refractivity contribution in [2.24, 2.45) is 0 Å². The van der Waals surface area contributed by atoms with Crippen LogP contribution in [0.1, 0.15) is 5.56 Å². The highest BCUT2D eigenvalue weighted by atomic mass is 19.1. The van der Waals surface area contributed by atoms with Crippen molar-refractivity contribution in [3.05, 3.63) is 60.0 Å². The number of halogens is 1. The van der Waals surface area contributed by atoms with Crippen molar-refractivity contribution in [3.63, 3.8) is 0 Å². The van der Waals surface area contributed by atoms with Crippen LogP contribution >= 0.6 is 0 Å². The molecule has 0 bridgehead atoms. The summed E-state index contributed by atoms with van der Waals surface area (Å²) in [5.74, 6) is -0.235. The van der Waals surface area contributed by atoms with Gasteiger partial charge in [0.15, 0.2) is 0 Å². The highest BCUT2D eigenvalue weighted by Crippen LogP contribution is 2.19. The van der Waals surface area contributed by atoms with E-state index in [2.05, 4.69) is 17.2 Å². The van der Waals surface area contributed by atoms with Gasteiger partial charge in [-0.3, -0.25) is 0 Å². The van der Waals surface area contributed by atoms with Crippen LogP contribution in [0.15, 0.2) is 48.7 Å². The predicted molar refractivity (Wildman–Crippen MR) is 65.8 cm³/mol. The lowest BCUT2D eigenvalue weighted by atomic mass is 10.2. The zero-order chi connectivity index (χ0) is 11.8. The minimum Gasteiger partial charge on any atom is -0.233 e. The first-order valence-electron chi connectivity index (χ1n) is 5.44. The van der Waals surface area contributed by atoms with Crippen molar-refractivity contribution < 1.29 is 4.39 Å². The van der Waals surface area contributed by atoms with Crippen LogP contribution < -0.4 is 0 Å². The van der Waals surface area contributed by atoms with E-state index in [9.17, 15) is 4.39 Å². The third-order valence-electron chi connectivity index (χ3n) is 2.80. The van der Waals surface area contributed by atoms with Crippen molar-refractivity contribution >= 4 is 10.9 Å². The van der Waals surface area contributed by atoms with Crippen molar-refractivity contribution in [1.82, 2.24) is 9.78 Å². The van der Waals surface area contributed by atoms with E-state index in [4.69, 9.17) is 0 Å². The lowest BCUT2D eigenvalue weighted by Gasteiger charge is -2.03. The summed E-state index contributed by atoms with van der Waals surface area (Å²) in [5, 5.41) is 5.41. The second-order valence-electron chi connectivity index (χ2n) is 4.10. The van der Waals surface area contributed by atoms with Gasteiger partial charge in [-0.2, -0.15) is 5.10 Å². The molecule has 0 saturated carbocycles. The molecule has 0 spiro atoms. The first-order chi connectivity index (χ1) is 8.24. The van der Waals surface area contributed by atoms with Gasteiger partial charge in [-0.15, -0.1) is 0 Å². The first-order valence-corrected chi connectivity index (χ1v) is 5.44. The summed E-state index contributed by atoms with van der Waals surface area (Å²) < 4.78 is 14.7. The summed E-state index contributed by atoms with van der Waals surface area (Å²) in [6.07, 6.45) is 1.82. The molecule has 0 atom stereocenters. The number of hydrogen-bond donors (Lipinski definition) is 0. The molecular weight excluding hydrogens is 215 g/mol. The number of aromatic nitrogens is 2. The van der Waals surface area contributed by atoms with E-state index in [0.29, 0.717) is 0 Å². The van der Waals surface area contributed by atoms with Crippen LogP contribution in [-0.2, 0) is 0 Å². The lowest BCUT2D eigenvalue weighted by Crippen LogP contribution is -1.95. The summed E-state index contributed by atoms with van der Waals surface area (Å²) >= 11 is 0. The molecule has 0 aliphatic rings. The van der Waals surface area contributed by atoms with E-state index in [0.717, 1.165) is 16.6 Å². The maximum atomic E-state index is 12.9. The first kappa shape index (κ1) is 10.0. The van der Waals surface area contributed by atoms with Crippen LogP contribution in [0, 0.1) is 12.7 Å². The summed E-state index contributed by atoms with van der Waals surface area (Å²) in [4.78, 5) is 0. The second-order valence-corrected chi connectivity index (χ2v) is 4.10. The Morgan fingerprint density at radius 2 is 1.82 bits per heavy atom. The standard InChI is InChI=1S/C14H11FN2/c1-10-2-3-11-9-16-17(14(11)8-10)13-6-4-12(15)5-7-13/h2-9H,1H3. The molecule has 0 aliphatic heterocycles. The summed E-state index contributed by atoms with van der Waals surface area (Å²) in [6, 6.07) is 12.5. The zero-order valence-electron chi connectivity index (χ0n) is 9.39. The van der Waals surface area contributed by atoms with E-state index < -0.39 is 0 Å². The fraction of sp³-hybridized carbons (Fsp3) is 0.0714. The average Bonchev–Trinajstić information content (AvgIpc) is 2.73. The van der Waals surface area contributed by atoms with Crippen LogP contribution in [0.25, 0.3) is 16.6 Å². The molecule has 1 aromatic heterocycles. The highest BCUT2D eigenvalue weighted by Gasteiger charge is 2.04. The van der Waals surface area contributed by atoms with Crippen molar-refractivity contribution in [3.8, 4) is 5.69 Å². The number of fused-ring (bicyclic) bond motifs is 1. The molecule has 17 heavy (non-hydrogen) atoms. The quantitative estimate of drug-likeness (QED) is 0.621. The van der Waals surface area contributed by atoms with E-state index in [1.807, 2.05) is 23.9 Å². The highest BCUT2D eigenvalue weighted by molar-refractivity contribution is 5.80. The Bertz CT molecular complexity index is 668. The molecule has 0 amide bonds. The molecule has 3 heteroatoms. The summed E-state index contributed by atoms with van der Waals surface area (Å²) in [5.41, 5.74) is 3.09. The predicted octanol–water partition coefficient (Wildman–Crippen LogP) is 3.47. The molecular formula is C14H11FN2. The summed E-state index contributed by atoms with van der Waals surface area (Å²) in [7, 11) is 0. The molecule has 0 radical (unpaired) electrons. The van der Waals surface area contributed by atoms with Crippen LogP contribution in [0.2, 0.25) is 0 Å². The number of benzene rings is 2. The molecule has 0 N–H and O–H groups in total. The Morgan fingerprint density at radius 3 is 2.59 bits per heavy atom. The third-order valence-corrected chi connectivity index (χ3v) is 2.80. The molecule has 0 unspecified atom stereocenters. The van der Waals surface area contributed by atoms with Gasteiger partial charge >= 0.3 is 0 Å². The molecule has 0 saturated heterocycles. The Balaban J connectivity index is 2.23. The summed E-state index contributed by atoms with van der Waals surface area (Å²) in [6.45, 7) is 2.04. The van der Waals surface area contributed by atoms with Gasteiger partial charge in [-0.1, -0.05) is 12.1 Å².